The van der Waals surface area contributed by atoms with Gasteiger partial charge in [0.2, 0.25) is 0 Å². The number of hydrogen-bond donors (Lipinski definition) is 0. The maximum absolute atomic E-state index is 5.89. The first-order chi connectivity index (χ1) is 8.20. The van der Waals surface area contributed by atoms with Crippen LogP contribution in [0.3, 0.4) is 0 Å². The van der Waals surface area contributed by atoms with Gasteiger partial charge in [0.05, 0.1) is 13.2 Å². The third kappa shape index (κ3) is 2.21. The van der Waals surface area contributed by atoms with Crippen LogP contribution in [0.15, 0.2) is 4.47 Å². The van der Waals surface area contributed by atoms with E-state index in [4.69, 9.17) is 9.47 Å². The average Bonchev–Trinajstić information content (AvgIpc) is 2.82. The van der Waals surface area contributed by atoms with E-state index in [-0.39, 0.29) is 5.79 Å². The molecular formula is C13H17BrO2S. The Morgan fingerprint density at radius 1 is 1.24 bits per heavy atom. The summed E-state index contributed by atoms with van der Waals surface area (Å²) in [6, 6.07) is 0. The number of halogens is 1. The fourth-order valence-electron chi connectivity index (χ4n) is 2.79. The Hall–Kier alpha value is 0.1000. The second kappa shape index (κ2) is 4.65. The zero-order chi connectivity index (χ0) is 11.9. The molecule has 2 aliphatic rings. The molecule has 1 spiro atoms. The molecule has 0 aromatic carbocycles. The summed E-state index contributed by atoms with van der Waals surface area (Å²) in [6.07, 6.45) is 5.59. The van der Waals surface area contributed by atoms with E-state index >= 15 is 0 Å². The van der Waals surface area contributed by atoms with E-state index in [1.54, 1.807) is 0 Å². The predicted octanol–water partition coefficient (Wildman–Crippen LogP) is 3.83. The van der Waals surface area contributed by atoms with Gasteiger partial charge >= 0.3 is 0 Å². The van der Waals surface area contributed by atoms with Gasteiger partial charge in [-0.15, -0.1) is 11.3 Å². The molecule has 3 rings (SSSR count). The molecule has 0 bridgehead atoms. The third-order valence-electron chi connectivity index (χ3n) is 3.66. The van der Waals surface area contributed by atoms with Gasteiger partial charge in [-0.25, -0.2) is 0 Å². The SMILES string of the molecule is Cc1sc2c(c1Br)CCCCC1(C2)OCCO1. The topological polar surface area (TPSA) is 18.5 Å². The summed E-state index contributed by atoms with van der Waals surface area (Å²) in [5, 5.41) is 0. The Balaban J connectivity index is 1.96. The molecule has 2 heterocycles. The van der Waals surface area contributed by atoms with Crippen LogP contribution in [0.1, 0.15) is 34.6 Å². The Bertz CT molecular complexity index is 421. The van der Waals surface area contributed by atoms with Crippen LogP contribution in [0.5, 0.6) is 0 Å². The van der Waals surface area contributed by atoms with Crippen molar-refractivity contribution in [1.82, 2.24) is 0 Å². The highest BCUT2D eigenvalue weighted by atomic mass is 79.9. The number of ether oxygens (including phenoxy) is 2. The molecule has 0 N–H and O–H groups in total. The first kappa shape index (κ1) is 12.2. The highest BCUT2D eigenvalue weighted by molar-refractivity contribution is 9.10. The molecule has 0 unspecified atom stereocenters. The zero-order valence-corrected chi connectivity index (χ0v) is 12.5. The van der Waals surface area contributed by atoms with Crippen LogP contribution in [-0.2, 0) is 22.3 Å². The molecular weight excluding hydrogens is 300 g/mol. The molecule has 2 nitrogen and oxygen atoms in total. The number of fused-ring (bicyclic) bond motifs is 1. The lowest BCUT2D eigenvalue weighted by atomic mass is 9.95. The largest absolute Gasteiger partial charge is 0.347 e. The van der Waals surface area contributed by atoms with E-state index in [2.05, 4.69) is 22.9 Å². The second-order valence-corrected chi connectivity index (χ2v) is 6.97. The van der Waals surface area contributed by atoms with Gasteiger partial charge in [-0.1, -0.05) is 0 Å². The van der Waals surface area contributed by atoms with Crippen LogP contribution < -0.4 is 0 Å². The highest BCUT2D eigenvalue weighted by Gasteiger charge is 2.38. The summed E-state index contributed by atoms with van der Waals surface area (Å²) in [5.74, 6) is -0.314. The third-order valence-corrected chi connectivity index (χ3v) is 6.15. The van der Waals surface area contributed by atoms with Gasteiger partial charge in [-0.05, 0) is 47.7 Å². The normalized spacial score (nSPS) is 23.4. The summed E-state index contributed by atoms with van der Waals surface area (Å²) in [4.78, 5) is 2.83. The summed E-state index contributed by atoms with van der Waals surface area (Å²) < 4.78 is 13.1. The van der Waals surface area contributed by atoms with Crippen molar-refractivity contribution < 1.29 is 9.47 Å². The summed E-state index contributed by atoms with van der Waals surface area (Å²) >= 11 is 5.62. The van der Waals surface area contributed by atoms with Gasteiger partial charge in [0, 0.05) is 27.1 Å². The van der Waals surface area contributed by atoms with Gasteiger partial charge in [0.15, 0.2) is 5.79 Å². The Morgan fingerprint density at radius 3 is 2.76 bits per heavy atom. The highest BCUT2D eigenvalue weighted by Crippen LogP contribution is 2.40. The summed E-state index contributed by atoms with van der Waals surface area (Å²) in [6.45, 7) is 3.68. The average molecular weight is 317 g/mol. The van der Waals surface area contributed by atoms with Crippen molar-refractivity contribution in [2.45, 2.75) is 44.8 Å². The maximum atomic E-state index is 5.89. The van der Waals surface area contributed by atoms with E-state index in [1.165, 1.54) is 39.1 Å². The van der Waals surface area contributed by atoms with Gasteiger partial charge in [-0.3, -0.25) is 0 Å². The molecule has 0 atom stereocenters. The molecule has 1 aromatic heterocycles. The minimum Gasteiger partial charge on any atom is -0.347 e. The van der Waals surface area contributed by atoms with E-state index in [9.17, 15) is 0 Å². The summed E-state index contributed by atoms with van der Waals surface area (Å²) in [5.41, 5.74) is 1.49. The Labute approximate surface area is 114 Å². The maximum Gasteiger partial charge on any atom is 0.173 e. The lowest BCUT2D eigenvalue weighted by Gasteiger charge is -2.29. The lowest BCUT2D eigenvalue weighted by molar-refractivity contribution is -0.162. The van der Waals surface area contributed by atoms with Gasteiger partial charge in [0.25, 0.3) is 0 Å². The van der Waals surface area contributed by atoms with Crippen molar-refractivity contribution in [1.29, 1.82) is 0 Å². The Kier molecular flexibility index (Phi) is 3.32. The number of hydrogen-bond acceptors (Lipinski definition) is 3. The summed E-state index contributed by atoms with van der Waals surface area (Å²) in [7, 11) is 0. The fraction of sp³-hybridized carbons (Fsp3) is 0.692. The molecule has 0 saturated carbocycles. The lowest BCUT2D eigenvalue weighted by Crippen LogP contribution is -2.33. The predicted molar refractivity (Wildman–Crippen MR) is 72.7 cm³/mol. The molecule has 1 aliphatic carbocycles. The second-order valence-electron chi connectivity index (χ2n) is 4.87. The van der Waals surface area contributed by atoms with Crippen molar-refractivity contribution >= 4 is 27.3 Å². The van der Waals surface area contributed by atoms with Gasteiger partial charge < -0.3 is 9.47 Å². The van der Waals surface area contributed by atoms with Crippen molar-refractivity contribution in [2.24, 2.45) is 0 Å². The van der Waals surface area contributed by atoms with Crippen LogP contribution >= 0.6 is 27.3 Å². The molecule has 4 heteroatoms. The standard InChI is InChI=1S/C13H17BrO2S/c1-9-12(14)10-4-2-3-5-13(8-11(10)17-9)15-6-7-16-13/h2-8H2,1H3. The number of aryl methyl sites for hydroxylation is 1. The van der Waals surface area contributed by atoms with Crippen molar-refractivity contribution in [3.63, 3.8) is 0 Å². The van der Waals surface area contributed by atoms with Crippen LogP contribution in [0, 0.1) is 6.92 Å². The van der Waals surface area contributed by atoms with Crippen LogP contribution in [0.4, 0.5) is 0 Å². The molecule has 17 heavy (non-hydrogen) atoms. The molecule has 1 fully saturated rings. The minimum absolute atomic E-state index is 0.314. The van der Waals surface area contributed by atoms with Crippen LogP contribution in [-0.4, -0.2) is 19.0 Å². The fourth-order valence-corrected chi connectivity index (χ4v) is 4.80. The monoisotopic (exact) mass is 316 g/mol. The van der Waals surface area contributed by atoms with Crippen LogP contribution in [0.25, 0.3) is 0 Å². The molecule has 94 valence electrons. The van der Waals surface area contributed by atoms with E-state index in [1.807, 2.05) is 11.3 Å². The van der Waals surface area contributed by atoms with Gasteiger partial charge in [0.1, 0.15) is 0 Å². The van der Waals surface area contributed by atoms with Crippen LogP contribution in [0.2, 0.25) is 0 Å². The van der Waals surface area contributed by atoms with Crippen molar-refractivity contribution in [3.8, 4) is 0 Å². The quantitative estimate of drug-likeness (QED) is 0.724. The minimum atomic E-state index is -0.314. The Morgan fingerprint density at radius 2 is 2.00 bits per heavy atom. The molecule has 0 amide bonds. The molecule has 1 saturated heterocycles. The van der Waals surface area contributed by atoms with Crippen molar-refractivity contribution in [3.05, 3.63) is 19.8 Å². The van der Waals surface area contributed by atoms with Crippen molar-refractivity contribution in [2.75, 3.05) is 13.2 Å². The first-order valence-electron chi connectivity index (χ1n) is 6.25. The smallest absolute Gasteiger partial charge is 0.173 e. The number of rotatable bonds is 0. The van der Waals surface area contributed by atoms with E-state index in [0.29, 0.717) is 0 Å². The first-order valence-corrected chi connectivity index (χ1v) is 7.86. The molecule has 1 aromatic rings. The van der Waals surface area contributed by atoms with E-state index < -0.39 is 0 Å². The zero-order valence-electron chi connectivity index (χ0n) is 10.1. The van der Waals surface area contributed by atoms with E-state index in [0.717, 1.165) is 26.1 Å². The molecule has 0 radical (unpaired) electrons. The number of thiophene rings is 1. The molecule has 1 aliphatic heterocycles. The van der Waals surface area contributed by atoms with Gasteiger partial charge in [-0.2, -0.15) is 0 Å².